The van der Waals surface area contributed by atoms with E-state index < -0.39 is 0 Å². The lowest BCUT2D eigenvalue weighted by Gasteiger charge is -2.27. The molecule has 5 heteroatoms. The Morgan fingerprint density at radius 2 is 2.17 bits per heavy atom. The average Bonchev–Trinajstić information content (AvgIpc) is 2.37. The lowest BCUT2D eigenvalue weighted by atomic mass is 10.1. The quantitative estimate of drug-likeness (QED) is 0.850. The Hall–Kier alpha value is -1.13. The molecule has 0 spiro atoms. The van der Waals surface area contributed by atoms with E-state index in [1.54, 1.807) is 12.5 Å². The molecule has 0 bridgehead atoms. The lowest BCUT2D eigenvalue weighted by Crippen LogP contribution is -2.23. The van der Waals surface area contributed by atoms with Crippen LogP contribution >= 0.6 is 27.5 Å². The summed E-state index contributed by atoms with van der Waals surface area (Å²) in [5.41, 5.74) is 1.15. The van der Waals surface area contributed by atoms with Gasteiger partial charge in [-0.25, -0.2) is 9.97 Å². The first-order valence-electron chi connectivity index (χ1n) is 5.53. The van der Waals surface area contributed by atoms with Crippen LogP contribution in [-0.4, -0.2) is 17.0 Å². The molecule has 0 aliphatic rings. The molecule has 18 heavy (non-hydrogen) atoms. The van der Waals surface area contributed by atoms with Crippen LogP contribution in [0.3, 0.4) is 0 Å². The van der Waals surface area contributed by atoms with Crippen LogP contribution in [0.5, 0.6) is 0 Å². The van der Waals surface area contributed by atoms with Crippen molar-refractivity contribution in [1.29, 1.82) is 0 Å². The molecule has 3 nitrogen and oxygen atoms in total. The molecule has 0 fully saturated rings. The van der Waals surface area contributed by atoms with Crippen LogP contribution in [-0.2, 0) is 0 Å². The van der Waals surface area contributed by atoms with Crippen LogP contribution in [0.15, 0.2) is 41.3 Å². The second kappa shape index (κ2) is 5.67. The third-order valence-electron chi connectivity index (χ3n) is 2.89. The highest BCUT2D eigenvalue weighted by atomic mass is 79.9. The van der Waals surface area contributed by atoms with E-state index in [1.807, 2.05) is 25.2 Å². The van der Waals surface area contributed by atoms with Gasteiger partial charge in [0.2, 0.25) is 0 Å². The van der Waals surface area contributed by atoms with E-state index in [0.29, 0.717) is 0 Å². The molecule has 1 heterocycles. The fourth-order valence-electron chi connectivity index (χ4n) is 1.74. The van der Waals surface area contributed by atoms with Crippen molar-refractivity contribution in [2.45, 2.75) is 13.0 Å². The third kappa shape index (κ3) is 2.82. The molecule has 0 aliphatic carbocycles. The predicted molar refractivity (Wildman–Crippen MR) is 78.0 cm³/mol. The zero-order valence-electron chi connectivity index (χ0n) is 10.1. The first-order valence-corrected chi connectivity index (χ1v) is 6.70. The third-order valence-corrected chi connectivity index (χ3v) is 3.69. The van der Waals surface area contributed by atoms with Crippen LogP contribution in [0.25, 0.3) is 0 Å². The van der Waals surface area contributed by atoms with E-state index in [1.165, 1.54) is 0 Å². The number of nitrogens with zero attached hydrogens (tertiary/aromatic N) is 3. The lowest BCUT2D eigenvalue weighted by molar-refractivity contribution is 0.725. The summed E-state index contributed by atoms with van der Waals surface area (Å²) in [5, 5.41) is 0.745. The summed E-state index contributed by atoms with van der Waals surface area (Å²) in [6.07, 6.45) is 3.28. The second-order valence-corrected chi connectivity index (χ2v) is 5.33. The molecule has 1 aromatic heterocycles. The maximum absolute atomic E-state index is 6.02. The van der Waals surface area contributed by atoms with Crippen molar-refractivity contribution in [3.05, 3.63) is 51.8 Å². The highest BCUT2D eigenvalue weighted by molar-refractivity contribution is 9.10. The fourth-order valence-corrected chi connectivity index (χ4v) is 2.44. The smallest absolute Gasteiger partial charge is 0.146 e. The Balaban J connectivity index is 2.29. The summed E-state index contributed by atoms with van der Waals surface area (Å²) >= 11 is 9.48. The molecule has 0 aliphatic heterocycles. The number of halogens is 2. The maximum Gasteiger partial charge on any atom is 0.146 e. The summed E-state index contributed by atoms with van der Waals surface area (Å²) in [6.45, 7) is 2.11. The Kier molecular flexibility index (Phi) is 4.19. The van der Waals surface area contributed by atoms with Crippen molar-refractivity contribution in [3.8, 4) is 0 Å². The van der Waals surface area contributed by atoms with Crippen molar-refractivity contribution in [3.63, 3.8) is 0 Å². The van der Waals surface area contributed by atoms with Gasteiger partial charge in [-0.3, -0.25) is 0 Å². The molecule has 1 unspecified atom stereocenters. The molecule has 2 aromatic rings. The van der Waals surface area contributed by atoms with Gasteiger partial charge in [-0.05, 0) is 40.5 Å². The number of anilines is 1. The normalized spacial score (nSPS) is 12.2. The summed E-state index contributed by atoms with van der Waals surface area (Å²) in [6, 6.07) is 8.03. The van der Waals surface area contributed by atoms with E-state index in [4.69, 9.17) is 11.6 Å². The summed E-state index contributed by atoms with van der Waals surface area (Å²) in [4.78, 5) is 10.3. The maximum atomic E-state index is 6.02. The molecule has 0 N–H and O–H groups in total. The van der Waals surface area contributed by atoms with E-state index in [2.05, 4.69) is 43.8 Å². The number of benzene rings is 1. The SMILES string of the molecule is CC(c1cccc(Cl)c1)N(C)c1ncncc1Br. The molecular formula is C13H13BrClN3. The predicted octanol–water partition coefficient (Wildman–Crippen LogP) is 4.09. The first-order chi connectivity index (χ1) is 8.59. The first kappa shape index (κ1) is 13.3. The van der Waals surface area contributed by atoms with E-state index >= 15 is 0 Å². The van der Waals surface area contributed by atoms with Gasteiger partial charge in [-0.15, -0.1) is 0 Å². The number of rotatable bonds is 3. The Morgan fingerprint density at radius 1 is 1.39 bits per heavy atom. The van der Waals surface area contributed by atoms with Crippen molar-refractivity contribution in [2.75, 3.05) is 11.9 Å². The molecule has 1 aromatic carbocycles. The van der Waals surface area contributed by atoms with E-state index in [0.717, 1.165) is 20.9 Å². The van der Waals surface area contributed by atoms with Gasteiger partial charge in [0.05, 0.1) is 10.5 Å². The van der Waals surface area contributed by atoms with Crippen LogP contribution in [0.4, 0.5) is 5.82 Å². The van der Waals surface area contributed by atoms with E-state index in [9.17, 15) is 0 Å². The van der Waals surface area contributed by atoms with Crippen molar-refractivity contribution in [2.24, 2.45) is 0 Å². The molecule has 1 atom stereocenters. The summed E-state index contributed by atoms with van der Waals surface area (Å²) < 4.78 is 0.876. The largest absolute Gasteiger partial charge is 0.352 e. The topological polar surface area (TPSA) is 29.0 Å². The zero-order valence-corrected chi connectivity index (χ0v) is 12.5. The molecule has 2 rings (SSSR count). The van der Waals surface area contributed by atoms with Gasteiger partial charge >= 0.3 is 0 Å². The van der Waals surface area contributed by atoms with Crippen molar-refractivity contribution >= 4 is 33.3 Å². The minimum absolute atomic E-state index is 0.176. The van der Waals surface area contributed by atoms with Gasteiger partial charge < -0.3 is 4.90 Å². The standard InChI is InChI=1S/C13H13BrClN3/c1-9(10-4-3-5-11(15)6-10)18(2)13-12(14)7-16-8-17-13/h3-9H,1-2H3. The monoisotopic (exact) mass is 325 g/mol. The number of hydrogen-bond donors (Lipinski definition) is 0. The highest BCUT2D eigenvalue weighted by Gasteiger charge is 2.15. The van der Waals surface area contributed by atoms with Crippen molar-refractivity contribution in [1.82, 2.24) is 9.97 Å². The van der Waals surface area contributed by atoms with Crippen LogP contribution in [0, 0.1) is 0 Å². The van der Waals surface area contributed by atoms with Gasteiger partial charge in [-0.1, -0.05) is 23.7 Å². The van der Waals surface area contributed by atoms with Gasteiger partial charge in [0, 0.05) is 18.3 Å². The van der Waals surface area contributed by atoms with Gasteiger partial charge in [0.25, 0.3) is 0 Å². The van der Waals surface area contributed by atoms with E-state index in [-0.39, 0.29) is 6.04 Å². The number of hydrogen-bond acceptors (Lipinski definition) is 3. The molecular weight excluding hydrogens is 314 g/mol. The Bertz CT molecular complexity index is 547. The number of aromatic nitrogens is 2. The molecule has 0 saturated carbocycles. The zero-order chi connectivity index (χ0) is 13.1. The minimum atomic E-state index is 0.176. The van der Waals surface area contributed by atoms with Crippen LogP contribution in [0.2, 0.25) is 5.02 Å². The van der Waals surface area contributed by atoms with Crippen LogP contribution < -0.4 is 4.90 Å². The molecule has 0 radical (unpaired) electrons. The minimum Gasteiger partial charge on any atom is -0.352 e. The Morgan fingerprint density at radius 3 is 2.83 bits per heavy atom. The molecule has 94 valence electrons. The Labute approximate surface area is 120 Å². The summed E-state index contributed by atoms with van der Waals surface area (Å²) in [7, 11) is 2.00. The van der Waals surface area contributed by atoms with Gasteiger partial charge in [-0.2, -0.15) is 0 Å². The highest BCUT2D eigenvalue weighted by Crippen LogP contribution is 2.29. The fraction of sp³-hybridized carbons (Fsp3) is 0.231. The van der Waals surface area contributed by atoms with Crippen molar-refractivity contribution < 1.29 is 0 Å². The van der Waals surface area contributed by atoms with Gasteiger partial charge in [0.1, 0.15) is 12.1 Å². The van der Waals surface area contributed by atoms with Gasteiger partial charge in [0.15, 0.2) is 0 Å². The molecule has 0 amide bonds. The average molecular weight is 327 g/mol. The van der Waals surface area contributed by atoms with Crippen LogP contribution in [0.1, 0.15) is 18.5 Å². The summed E-state index contributed by atoms with van der Waals surface area (Å²) in [5.74, 6) is 0.859. The molecule has 0 saturated heterocycles. The second-order valence-electron chi connectivity index (χ2n) is 4.04.